The molecule has 1 aromatic carbocycles. The Morgan fingerprint density at radius 2 is 2.07 bits per heavy atom. The Morgan fingerprint density at radius 1 is 1.30 bits per heavy atom. The highest BCUT2D eigenvalue weighted by Crippen LogP contribution is 2.28. The van der Waals surface area contributed by atoms with E-state index in [1.165, 1.54) is 0 Å². The highest BCUT2D eigenvalue weighted by atomic mass is 35.5. The molecule has 2 heterocycles. The average molecular weight is 412 g/mol. The third kappa shape index (κ3) is 5.57. The smallest absolute Gasteiger partial charge is 0.273 e. The Bertz CT molecular complexity index is 775. The molecule has 3 rings (SSSR count). The highest BCUT2D eigenvalue weighted by Gasteiger charge is 2.20. The molecular formula is C18H23Cl2N5O2. The number of H-pyrrole nitrogens is 1. The van der Waals surface area contributed by atoms with E-state index in [2.05, 4.69) is 25.6 Å². The van der Waals surface area contributed by atoms with Crippen molar-refractivity contribution in [1.29, 1.82) is 0 Å². The Kier molecular flexibility index (Phi) is 6.93. The number of carbonyl (C=O) groups excluding carboxylic acids is 1. The van der Waals surface area contributed by atoms with E-state index in [0.717, 1.165) is 44.6 Å². The normalized spacial score (nSPS) is 15.7. The Balaban J connectivity index is 1.33. The maximum Gasteiger partial charge on any atom is 0.273 e. The lowest BCUT2D eigenvalue weighted by atomic mass is 10.1. The van der Waals surface area contributed by atoms with E-state index in [-0.39, 0.29) is 12.0 Å². The average Bonchev–Trinajstić information content (AvgIpc) is 3.09. The highest BCUT2D eigenvalue weighted by molar-refractivity contribution is 6.42. The van der Waals surface area contributed by atoms with Crippen LogP contribution in [0.25, 0.3) is 0 Å². The van der Waals surface area contributed by atoms with E-state index in [1.54, 1.807) is 19.1 Å². The second kappa shape index (κ2) is 9.39. The van der Waals surface area contributed by atoms with E-state index in [0.29, 0.717) is 28.0 Å². The summed E-state index contributed by atoms with van der Waals surface area (Å²) in [6, 6.07) is 5.36. The number of piperidine rings is 1. The van der Waals surface area contributed by atoms with Crippen LogP contribution in [0.5, 0.6) is 5.75 Å². The van der Waals surface area contributed by atoms with Gasteiger partial charge in [0.05, 0.1) is 15.7 Å². The minimum absolute atomic E-state index is 0.185. The second-order valence-corrected chi connectivity index (χ2v) is 7.42. The Morgan fingerprint density at radius 3 is 2.74 bits per heavy atom. The van der Waals surface area contributed by atoms with Crippen molar-refractivity contribution < 1.29 is 9.53 Å². The van der Waals surface area contributed by atoms with Crippen LogP contribution < -0.4 is 10.1 Å². The first-order chi connectivity index (χ1) is 13.0. The summed E-state index contributed by atoms with van der Waals surface area (Å²) in [6.07, 6.45) is 3.00. The van der Waals surface area contributed by atoms with Crippen LogP contribution in [0.4, 0.5) is 0 Å². The summed E-state index contributed by atoms with van der Waals surface area (Å²) in [5, 5.41) is 14.1. The van der Waals surface area contributed by atoms with Gasteiger partial charge in [0.2, 0.25) is 0 Å². The minimum atomic E-state index is -0.185. The molecule has 1 amide bonds. The van der Waals surface area contributed by atoms with Gasteiger partial charge in [0.25, 0.3) is 5.91 Å². The van der Waals surface area contributed by atoms with Crippen molar-refractivity contribution in [3.63, 3.8) is 0 Å². The number of hydrogen-bond acceptors (Lipinski definition) is 5. The fourth-order valence-corrected chi connectivity index (χ4v) is 3.37. The van der Waals surface area contributed by atoms with Crippen molar-refractivity contribution in [2.45, 2.75) is 32.3 Å². The van der Waals surface area contributed by atoms with Crippen molar-refractivity contribution in [2.24, 2.45) is 0 Å². The first kappa shape index (κ1) is 19.9. The molecule has 0 radical (unpaired) electrons. The Labute approximate surface area is 168 Å². The number of amides is 1. The molecule has 0 aliphatic carbocycles. The van der Waals surface area contributed by atoms with Crippen LogP contribution in [0.1, 0.15) is 35.4 Å². The van der Waals surface area contributed by atoms with Gasteiger partial charge < -0.3 is 15.0 Å². The molecule has 0 atom stereocenters. The maximum atomic E-state index is 12.0. The van der Waals surface area contributed by atoms with Gasteiger partial charge in [-0.15, -0.1) is 0 Å². The molecule has 1 fully saturated rings. The number of aromatic nitrogens is 3. The number of hydrogen-bond donors (Lipinski definition) is 2. The molecule has 146 valence electrons. The van der Waals surface area contributed by atoms with E-state index < -0.39 is 0 Å². The lowest BCUT2D eigenvalue weighted by molar-refractivity contribution is 0.0930. The van der Waals surface area contributed by atoms with Crippen LogP contribution in [0.2, 0.25) is 10.0 Å². The van der Waals surface area contributed by atoms with Gasteiger partial charge in [-0.25, -0.2) is 0 Å². The lowest BCUT2D eigenvalue weighted by Crippen LogP contribution is -2.39. The largest absolute Gasteiger partial charge is 0.490 e. The molecule has 2 N–H and O–H groups in total. The molecule has 0 unspecified atom stereocenters. The number of halogens is 2. The molecule has 0 saturated carbocycles. The summed E-state index contributed by atoms with van der Waals surface area (Å²) in [5.41, 5.74) is 0.965. The summed E-state index contributed by atoms with van der Waals surface area (Å²) in [7, 11) is 0. The summed E-state index contributed by atoms with van der Waals surface area (Å²) in [5.74, 6) is 0.573. The zero-order valence-corrected chi connectivity index (χ0v) is 16.7. The number of ether oxygens (including phenoxy) is 1. The molecule has 27 heavy (non-hydrogen) atoms. The van der Waals surface area contributed by atoms with Crippen LogP contribution in [0, 0.1) is 6.92 Å². The van der Waals surface area contributed by atoms with Gasteiger partial charge in [0, 0.05) is 25.7 Å². The fraction of sp³-hybridized carbons (Fsp3) is 0.500. The second-order valence-electron chi connectivity index (χ2n) is 6.60. The maximum absolute atomic E-state index is 12.0. The first-order valence-corrected chi connectivity index (χ1v) is 9.78. The van der Waals surface area contributed by atoms with Gasteiger partial charge in [-0.1, -0.05) is 23.2 Å². The standard InChI is InChI=1S/C18H23Cl2N5O2/c1-12-17(23-24-22-12)18(26)21-7-2-8-25-9-5-13(6-10-25)27-14-3-4-15(19)16(20)11-14/h3-4,11,13H,2,5-10H2,1H3,(H,21,26)(H,22,23,24). The van der Waals surface area contributed by atoms with E-state index >= 15 is 0 Å². The van der Waals surface area contributed by atoms with Crippen molar-refractivity contribution in [3.8, 4) is 5.75 Å². The number of rotatable bonds is 7. The molecule has 0 bridgehead atoms. The van der Waals surface area contributed by atoms with E-state index in [1.807, 2.05) is 6.07 Å². The van der Waals surface area contributed by atoms with Gasteiger partial charge in [0.15, 0.2) is 5.69 Å². The molecule has 1 aliphatic rings. The SMILES string of the molecule is Cc1n[nH]nc1C(=O)NCCCN1CCC(Oc2ccc(Cl)c(Cl)c2)CC1. The first-order valence-electron chi connectivity index (χ1n) is 9.02. The molecule has 9 heteroatoms. The van der Waals surface area contributed by atoms with Crippen LogP contribution in [-0.4, -0.2) is 58.5 Å². The van der Waals surface area contributed by atoms with Crippen molar-refractivity contribution in [2.75, 3.05) is 26.2 Å². The molecule has 1 aromatic heterocycles. The van der Waals surface area contributed by atoms with E-state index in [4.69, 9.17) is 27.9 Å². The van der Waals surface area contributed by atoms with Crippen LogP contribution >= 0.6 is 23.2 Å². The number of nitrogens with one attached hydrogen (secondary N) is 2. The Hall–Kier alpha value is -1.83. The zero-order chi connectivity index (χ0) is 19.2. The molecule has 0 spiro atoms. The van der Waals surface area contributed by atoms with E-state index in [9.17, 15) is 4.79 Å². The van der Waals surface area contributed by atoms with Gasteiger partial charge in [0.1, 0.15) is 11.9 Å². The molecule has 1 saturated heterocycles. The number of aryl methyl sites for hydroxylation is 1. The number of aromatic amines is 1. The zero-order valence-electron chi connectivity index (χ0n) is 15.2. The van der Waals surface area contributed by atoms with Crippen LogP contribution in [-0.2, 0) is 0 Å². The number of carbonyl (C=O) groups is 1. The summed E-state index contributed by atoms with van der Waals surface area (Å²) in [4.78, 5) is 14.3. The summed E-state index contributed by atoms with van der Waals surface area (Å²) >= 11 is 12.0. The van der Waals surface area contributed by atoms with Crippen molar-refractivity contribution >= 4 is 29.1 Å². The number of benzene rings is 1. The molecular weight excluding hydrogens is 389 g/mol. The molecule has 7 nitrogen and oxygen atoms in total. The fourth-order valence-electron chi connectivity index (χ4n) is 3.08. The predicted molar refractivity (Wildman–Crippen MR) is 105 cm³/mol. The minimum Gasteiger partial charge on any atom is -0.490 e. The molecule has 1 aliphatic heterocycles. The van der Waals surface area contributed by atoms with Gasteiger partial charge in [-0.05, 0) is 44.9 Å². The predicted octanol–water partition coefficient (Wildman–Crippen LogP) is 3.08. The quantitative estimate of drug-likeness (QED) is 0.683. The summed E-state index contributed by atoms with van der Waals surface area (Å²) in [6.45, 7) is 5.26. The molecule has 2 aromatic rings. The third-order valence-corrected chi connectivity index (χ3v) is 5.34. The number of likely N-dealkylation sites (tertiary alicyclic amines) is 1. The monoisotopic (exact) mass is 411 g/mol. The number of nitrogens with zero attached hydrogens (tertiary/aromatic N) is 3. The topological polar surface area (TPSA) is 83.1 Å². The van der Waals surface area contributed by atoms with Gasteiger partial charge in [-0.3, -0.25) is 4.79 Å². The summed E-state index contributed by atoms with van der Waals surface area (Å²) < 4.78 is 6.01. The van der Waals surface area contributed by atoms with Crippen molar-refractivity contribution in [3.05, 3.63) is 39.6 Å². The van der Waals surface area contributed by atoms with Crippen LogP contribution in [0.3, 0.4) is 0 Å². The lowest BCUT2D eigenvalue weighted by Gasteiger charge is -2.32. The third-order valence-electron chi connectivity index (χ3n) is 4.60. The van der Waals surface area contributed by atoms with Gasteiger partial charge >= 0.3 is 0 Å². The van der Waals surface area contributed by atoms with Gasteiger partial charge in [-0.2, -0.15) is 15.4 Å². The van der Waals surface area contributed by atoms with Crippen molar-refractivity contribution in [1.82, 2.24) is 25.6 Å². The van der Waals surface area contributed by atoms with Crippen LogP contribution in [0.15, 0.2) is 18.2 Å².